The first kappa shape index (κ1) is 20.7. The van der Waals surface area contributed by atoms with Crippen LogP contribution in [0.25, 0.3) is 21.8 Å². The quantitative estimate of drug-likeness (QED) is 0.323. The topological polar surface area (TPSA) is 55.6 Å². The van der Waals surface area contributed by atoms with Crippen molar-refractivity contribution >= 4 is 33.9 Å². The van der Waals surface area contributed by atoms with Crippen LogP contribution >= 0.6 is 0 Å². The van der Waals surface area contributed by atoms with Crippen LogP contribution in [-0.4, -0.2) is 23.3 Å². The first-order chi connectivity index (χ1) is 15.1. The van der Waals surface area contributed by atoms with Gasteiger partial charge in [0.15, 0.2) is 6.61 Å². The number of aryl methyl sites for hydroxylation is 1. The van der Waals surface area contributed by atoms with Gasteiger partial charge in [-0.05, 0) is 48.2 Å². The number of ether oxygens (including phenoxy) is 1. The Morgan fingerprint density at radius 2 is 1.77 bits per heavy atom. The third-order valence-electron chi connectivity index (χ3n) is 5.42. The first-order valence-electron chi connectivity index (χ1n) is 10.6. The van der Waals surface area contributed by atoms with Gasteiger partial charge >= 0.3 is 0 Å². The zero-order valence-electron chi connectivity index (χ0n) is 18.1. The van der Waals surface area contributed by atoms with E-state index in [4.69, 9.17) is 4.74 Å². The number of nitrogens with one attached hydrogen (secondary N) is 1. The lowest BCUT2D eigenvalue weighted by Crippen LogP contribution is -2.24. The van der Waals surface area contributed by atoms with Gasteiger partial charge in [0.2, 0.25) is 0 Å². The van der Waals surface area contributed by atoms with Crippen molar-refractivity contribution in [1.82, 2.24) is 9.99 Å². The monoisotopic (exact) mass is 413 g/mol. The number of hydrogen-bond acceptors (Lipinski definition) is 3. The average Bonchev–Trinajstić information content (AvgIpc) is 3.11. The second-order valence-electron chi connectivity index (χ2n) is 7.81. The predicted molar refractivity (Wildman–Crippen MR) is 127 cm³/mol. The van der Waals surface area contributed by atoms with Gasteiger partial charge < -0.3 is 9.30 Å². The molecular formula is C26H27N3O2. The van der Waals surface area contributed by atoms with Gasteiger partial charge in [-0.1, -0.05) is 56.3 Å². The highest BCUT2D eigenvalue weighted by molar-refractivity contribution is 6.09. The average molecular weight is 414 g/mol. The van der Waals surface area contributed by atoms with Crippen molar-refractivity contribution in [3.63, 3.8) is 0 Å². The van der Waals surface area contributed by atoms with Crippen molar-refractivity contribution in [3.8, 4) is 5.75 Å². The van der Waals surface area contributed by atoms with E-state index < -0.39 is 0 Å². The van der Waals surface area contributed by atoms with Gasteiger partial charge in [-0.2, -0.15) is 5.10 Å². The van der Waals surface area contributed by atoms with Crippen LogP contribution in [0.2, 0.25) is 0 Å². The van der Waals surface area contributed by atoms with Crippen molar-refractivity contribution in [2.75, 3.05) is 6.61 Å². The molecule has 0 bridgehead atoms. The molecule has 0 spiro atoms. The zero-order valence-corrected chi connectivity index (χ0v) is 18.1. The van der Waals surface area contributed by atoms with Crippen LogP contribution in [0.3, 0.4) is 0 Å². The minimum Gasteiger partial charge on any atom is -0.483 e. The molecule has 0 aliphatic carbocycles. The van der Waals surface area contributed by atoms with Crippen LogP contribution in [0.5, 0.6) is 5.75 Å². The van der Waals surface area contributed by atoms with E-state index in [0.29, 0.717) is 5.92 Å². The van der Waals surface area contributed by atoms with E-state index in [9.17, 15) is 4.79 Å². The fourth-order valence-electron chi connectivity index (χ4n) is 3.94. The minimum absolute atomic E-state index is 0.0793. The molecule has 4 rings (SSSR count). The summed E-state index contributed by atoms with van der Waals surface area (Å²) in [7, 11) is 0. The predicted octanol–water partition coefficient (Wildman–Crippen LogP) is 5.47. The number of carbonyl (C=O) groups excluding carboxylic acids is 1. The smallest absolute Gasteiger partial charge is 0.277 e. The van der Waals surface area contributed by atoms with E-state index in [1.165, 1.54) is 21.8 Å². The molecule has 0 aliphatic heterocycles. The molecule has 1 heterocycles. The normalized spacial score (nSPS) is 11.6. The Morgan fingerprint density at radius 1 is 1.03 bits per heavy atom. The molecule has 158 valence electrons. The van der Waals surface area contributed by atoms with E-state index in [-0.39, 0.29) is 12.5 Å². The highest BCUT2D eigenvalue weighted by atomic mass is 16.5. The number of amides is 1. The number of rotatable bonds is 7. The Morgan fingerprint density at radius 3 is 2.58 bits per heavy atom. The van der Waals surface area contributed by atoms with Gasteiger partial charge in [0.25, 0.3) is 5.91 Å². The molecule has 1 N–H and O–H groups in total. The maximum Gasteiger partial charge on any atom is 0.277 e. The van der Waals surface area contributed by atoms with E-state index >= 15 is 0 Å². The lowest BCUT2D eigenvalue weighted by atomic mass is 10.0. The molecule has 5 nitrogen and oxygen atoms in total. The fourth-order valence-corrected chi connectivity index (χ4v) is 3.94. The summed E-state index contributed by atoms with van der Waals surface area (Å²) in [6.45, 7) is 7.18. The van der Waals surface area contributed by atoms with Crippen LogP contribution in [0.4, 0.5) is 0 Å². The minimum atomic E-state index is -0.293. The van der Waals surface area contributed by atoms with E-state index in [1.807, 2.05) is 30.3 Å². The Kier molecular flexibility index (Phi) is 6.03. The van der Waals surface area contributed by atoms with Gasteiger partial charge in [0.05, 0.1) is 6.21 Å². The summed E-state index contributed by atoms with van der Waals surface area (Å²) < 4.78 is 8.00. The zero-order chi connectivity index (χ0) is 21.8. The summed E-state index contributed by atoms with van der Waals surface area (Å²) in [5, 5.41) is 6.51. The Balaban J connectivity index is 1.44. The van der Waals surface area contributed by atoms with Crippen molar-refractivity contribution < 1.29 is 9.53 Å². The van der Waals surface area contributed by atoms with E-state index in [1.54, 1.807) is 6.21 Å². The van der Waals surface area contributed by atoms with Crippen LogP contribution in [0.15, 0.2) is 71.8 Å². The van der Waals surface area contributed by atoms with E-state index in [2.05, 4.69) is 72.3 Å². The molecule has 31 heavy (non-hydrogen) atoms. The van der Waals surface area contributed by atoms with Gasteiger partial charge in [-0.3, -0.25) is 4.79 Å². The van der Waals surface area contributed by atoms with Crippen molar-refractivity contribution in [2.45, 2.75) is 33.2 Å². The van der Waals surface area contributed by atoms with Gasteiger partial charge in [-0.25, -0.2) is 5.43 Å². The Bertz CT molecular complexity index is 1250. The van der Waals surface area contributed by atoms with Crippen molar-refractivity contribution in [3.05, 3.63) is 77.9 Å². The Labute approximate surface area is 182 Å². The molecule has 1 amide bonds. The van der Waals surface area contributed by atoms with Crippen LogP contribution in [-0.2, 0) is 11.3 Å². The molecule has 0 radical (unpaired) electrons. The highest BCUT2D eigenvalue weighted by Gasteiger charge is 2.10. The number of carbonyl (C=O) groups is 1. The Hall–Kier alpha value is -3.60. The summed E-state index contributed by atoms with van der Waals surface area (Å²) in [5.74, 6) is 0.763. The summed E-state index contributed by atoms with van der Waals surface area (Å²) in [5.41, 5.74) is 6.98. The largest absolute Gasteiger partial charge is 0.483 e. The second-order valence-corrected chi connectivity index (χ2v) is 7.81. The number of hydrogen-bond donors (Lipinski definition) is 1. The maximum absolute atomic E-state index is 12.2. The number of fused-ring (bicyclic) bond motifs is 3. The van der Waals surface area contributed by atoms with Crippen LogP contribution in [0, 0.1) is 0 Å². The van der Waals surface area contributed by atoms with Crippen molar-refractivity contribution in [1.29, 1.82) is 0 Å². The SMILES string of the molecule is CCn1c2ccccc2c2cc(C=NNC(=O)COc3ccccc3C(C)C)ccc21. The maximum atomic E-state index is 12.2. The molecule has 0 saturated carbocycles. The van der Waals surface area contributed by atoms with E-state index in [0.717, 1.165) is 23.4 Å². The standard InChI is InChI=1S/C26H27N3O2/c1-4-29-23-11-7-5-10-21(23)22-15-19(13-14-24(22)29)16-27-28-26(30)17-31-25-12-8-6-9-20(25)18(2)3/h5-16,18H,4,17H2,1-3H3,(H,28,30). The number of hydrazone groups is 1. The summed E-state index contributed by atoms with van der Waals surface area (Å²) in [6.07, 6.45) is 1.66. The van der Waals surface area contributed by atoms with Crippen LogP contribution < -0.4 is 10.2 Å². The molecule has 5 heteroatoms. The van der Waals surface area contributed by atoms with Gasteiger partial charge in [0, 0.05) is 28.4 Å². The summed E-state index contributed by atoms with van der Waals surface area (Å²) >= 11 is 0. The molecule has 0 atom stereocenters. The van der Waals surface area contributed by atoms with Crippen molar-refractivity contribution in [2.24, 2.45) is 5.10 Å². The molecule has 0 unspecified atom stereocenters. The third kappa shape index (κ3) is 4.31. The molecular weight excluding hydrogens is 386 g/mol. The first-order valence-corrected chi connectivity index (χ1v) is 10.6. The van der Waals surface area contributed by atoms with Gasteiger partial charge in [-0.15, -0.1) is 0 Å². The molecule has 0 fully saturated rings. The fraction of sp³-hybridized carbons (Fsp3) is 0.231. The molecule has 1 aromatic heterocycles. The number of aromatic nitrogens is 1. The lowest BCUT2D eigenvalue weighted by Gasteiger charge is -2.12. The molecule has 0 saturated heterocycles. The summed E-state index contributed by atoms with van der Waals surface area (Å²) in [4.78, 5) is 12.2. The highest BCUT2D eigenvalue weighted by Crippen LogP contribution is 2.29. The number of para-hydroxylation sites is 2. The molecule has 4 aromatic rings. The van der Waals surface area contributed by atoms with Crippen LogP contribution in [0.1, 0.15) is 37.8 Å². The lowest BCUT2D eigenvalue weighted by molar-refractivity contribution is -0.123. The molecule has 0 aliphatic rings. The third-order valence-corrected chi connectivity index (χ3v) is 5.42. The summed E-state index contributed by atoms with van der Waals surface area (Å²) in [6, 6.07) is 22.4. The number of benzene rings is 3. The number of nitrogens with zero attached hydrogens (tertiary/aromatic N) is 2. The van der Waals surface area contributed by atoms with Gasteiger partial charge in [0.1, 0.15) is 5.75 Å². The second kappa shape index (κ2) is 9.04. The molecule has 3 aromatic carbocycles.